The van der Waals surface area contributed by atoms with E-state index in [0.717, 1.165) is 67.8 Å². The number of carbonyl (C=O) groups excluding carboxylic acids is 2. The minimum atomic E-state index is -0.309. The van der Waals surface area contributed by atoms with E-state index in [0.29, 0.717) is 17.1 Å². The highest BCUT2D eigenvalue weighted by Crippen LogP contribution is 2.31. The minimum Gasteiger partial charge on any atom is -0.469 e. The van der Waals surface area contributed by atoms with Gasteiger partial charge in [0, 0.05) is 30.6 Å². The molecule has 1 fully saturated rings. The zero-order valence-corrected chi connectivity index (χ0v) is 16.3. The van der Waals surface area contributed by atoms with Gasteiger partial charge in [0.05, 0.1) is 17.5 Å². The minimum absolute atomic E-state index is 0.0380. The lowest BCUT2D eigenvalue weighted by Crippen LogP contribution is -2.35. The summed E-state index contributed by atoms with van der Waals surface area (Å²) in [7, 11) is 0. The maximum Gasteiger partial charge on any atom is 0.289 e. The molecule has 1 aliphatic heterocycles. The van der Waals surface area contributed by atoms with E-state index in [9.17, 15) is 9.59 Å². The Morgan fingerprint density at radius 2 is 1.89 bits per heavy atom. The molecule has 0 radical (unpaired) electrons. The quantitative estimate of drug-likeness (QED) is 0.821. The van der Waals surface area contributed by atoms with Crippen molar-refractivity contribution in [3.8, 4) is 0 Å². The van der Waals surface area contributed by atoms with Crippen LogP contribution in [0.3, 0.4) is 0 Å². The fourth-order valence-electron chi connectivity index (χ4n) is 4.02. The van der Waals surface area contributed by atoms with Crippen LogP contribution < -0.4 is 5.43 Å². The third-order valence-electron chi connectivity index (χ3n) is 5.56. The molecule has 1 saturated heterocycles. The number of hydrogen-bond acceptors (Lipinski definition) is 5. The van der Waals surface area contributed by atoms with Crippen molar-refractivity contribution in [1.29, 1.82) is 0 Å². The fraction of sp³-hybridized carbons (Fsp3) is 0.476. The molecule has 0 atom stereocenters. The van der Waals surface area contributed by atoms with Gasteiger partial charge in [-0.1, -0.05) is 0 Å². The SMILES string of the molecule is Cc1occc1C(=O)N/N=C1\CCCc2oc(C(=O)N3CCCCC3)c(C)c21. The maximum atomic E-state index is 12.9. The molecule has 7 nitrogen and oxygen atoms in total. The second-order valence-electron chi connectivity index (χ2n) is 7.45. The third kappa shape index (κ3) is 3.37. The number of rotatable bonds is 3. The lowest BCUT2D eigenvalue weighted by Gasteiger charge is -2.25. The molecule has 2 aromatic heterocycles. The summed E-state index contributed by atoms with van der Waals surface area (Å²) < 4.78 is 11.2. The van der Waals surface area contributed by atoms with Crippen LogP contribution in [-0.2, 0) is 6.42 Å². The van der Waals surface area contributed by atoms with Gasteiger partial charge in [0.15, 0.2) is 5.76 Å². The lowest BCUT2D eigenvalue weighted by atomic mass is 9.93. The third-order valence-corrected chi connectivity index (χ3v) is 5.56. The van der Waals surface area contributed by atoms with Crippen molar-refractivity contribution in [2.24, 2.45) is 5.10 Å². The van der Waals surface area contributed by atoms with Crippen molar-refractivity contribution in [3.05, 3.63) is 46.3 Å². The molecular weight excluding hydrogens is 358 g/mol. The Morgan fingerprint density at radius 1 is 1.11 bits per heavy atom. The molecule has 0 unspecified atom stereocenters. The number of hydrazone groups is 1. The normalized spacial score (nSPS) is 18.2. The average Bonchev–Trinajstić information content (AvgIpc) is 3.30. The summed E-state index contributed by atoms with van der Waals surface area (Å²) in [5, 5.41) is 4.36. The zero-order valence-electron chi connectivity index (χ0n) is 16.3. The fourth-order valence-corrected chi connectivity index (χ4v) is 4.02. The predicted molar refractivity (Wildman–Crippen MR) is 104 cm³/mol. The Balaban J connectivity index is 1.58. The van der Waals surface area contributed by atoms with Gasteiger partial charge in [0.25, 0.3) is 11.8 Å². The summed E-state index contributed by atoms with van der Waals surface area (Å²) in [4.78, 5) is 27.1. The van der Waals surface area contributed by atoms with Gasteiger partial charge < -0.3 is 13.7 Å². The van der Waals surface area contributed by atoms with Gasteiger partial charge in [0.1, 0.15) is 11.5 Å². The van der Waals surface area contributed by atoms with Gasteiger partial charge >= 0.3 is 0 Å². The van der Waals surface area contributed by atoms with E-state index in [-0.39, 0.29) is 11.8 Å². The van der Waals surface area contributed by atoms with Crippen LogP contribution in [0, 0.1) is 13.8 Å². The monoisotopic (exact) mass is 383 g/mol. The highest BCUT2D eigenvalue weighted by Gasteiger charge is 2.30. The van der Waals surface area contributed by atoms with E-state index >= 15 is 0 Å². The number of aryl methyl sites for hydroxylation is 2. The number of likely N-dealkylation sites (tertiary alicyclic amines) is 1. The summed E-state index contributed by atoms with van der Waals surface area (Å²) in [6.45, 7) is 5.21. The van der Waals surface area contributed by atoms with Crippen LogP contribution in [0.5, 0.6) is 0 Å². The molecule has 0 saturated carbocycles. The van der Waals surface area contributed by atoms with Crippen molar-refractivity contribution in [2.75, 3.05) is 13.1 Å². The van der Waals surface area contributed by atoms with Crippen LogP contribution in [-0.4, -0.2) is 35.5 Å². The molecule has 0 spiro atoms. The van der Waals surface area contributed by atoms with E-state index in [4.69, 9.17) is 8.83 Å². The van der Waals surface area contributed by atoms with E-state index in [1.54, 1.807) is 13.0 Å². The Morgan fingerprint density at radius 3 is 2.61 bits per heavy atom. The second-order valence-corrected chi connectivity index (χ2v) is 7.45. The summed E-state index contributed by atoms with van der Waals surface area (Å²) in [5.74, 6) is 1.41. The van der Waals surface area contributed by atoms with Crippen molar-refractivity contribution >= 4 is 17.5 Å². The molecule has 1 N–H and O–H groups in total. The van der Waals surface area contributed by atoms with Crippen molar-refractivity contribution in [3.63, 3.8) is 0 Å². The van der Waals surface area contributed by atoms with E-state index in [1.165, 1.54) is 12.7 Å². The number of amides is 2. The summed E-state index contributed by atoms with van der Waals surface area (Å²) in [6, 6.07) is 1.62. The van der Waals surface area contributed by atoms with Crippen LogP contribution in [0.15, 0.2) is 26.3 Å². The molecule has 3 heterocycles. The molecule has 2 amide bonds. The van der Waals surface area contributed by atoms with Crippen LogP contribution in [0.25, 0.3) is 0 Å². The van der Waals surface area contributed by atoms with E-state index in [1.807, 2.05) is 11.8 Å². The standard InChI is InChI=1S/C21H25N3O4/c1-13-18-16(22-23-20(25)15-9-12-27-14(15)2)7-6-8-17(18)28-19(13)21(26)24-10-4-3-5-11-24/h9,12H,3-8,10-11H2,1-2H3,(H,23,25)/b22-16+. The van der Waals surface area contributed by atoms with Crippen LogP contribution in [0.2, 0.25) is 0 Å². The molecular formula is C21H25N3O4. The number of piperidine rings is 1. The van der Waals surface area contributed by atoms with Crippen molar-refractivity contribution in [1.82, 2.24) is 10.3 Å². The molecule has 28 heavy (non-hydrogen) atoms. The number of nitrogens with zero attached hydrogens (tertiary/aromatic N) is 2. The Kier molecular flexibility index (Phi) is 5.07. The smallest absolute Gasteiger partial charge is 0.289 e. The molecule has 0 aromatic carbocycles. The van der Waals surface area contributed by atoms with Gasteiger partial charge in [-0.05, 0) is 52.0 Å². The highest BCUT2D eigenvalue weighted by molar-refractivity contribution is 6.07. The first-order valence-electron chi connectivity index (χ1n) is 9.89. The number of carbonyl (C=O) groups is 2. The summed E-state index contributed by atoms with van der Waals surface area (Å²) in [6.07, 6.45) is 7.11. The van der Waals surface area contributed by atoms with Crippen molar-refractivity contribution < 1.29 is 18.4 Å². The van der Waals surface area contributed by atoms with Gasteiger partial charge in [0.2, 0.25) is 0 Å². The molecule has 2 aliphatic rings. The Bertz CT molecular complexity index is 932. The Hall–Kier alpha value is -2.83. The van der Waals surface area contributed by atoms with Gasteiger partial charge in [-0.15, -0.1) is 0 Å². The second kappa shape index (κ2) is 7.66. The zero-order chi connectivity index (χ0) is 19.7. The number of furan rings is 2. The molecule has 148 valence electrons. The lowest BCUT2D eigenvalue weighted by molar-refractivity contribution is 0.0689. The molecule has 0 bridgehead atoms. The number of fused-ring (bicyclic) bond motifs is 1. The maximum absolute atomic E-state index is 12.9. The van der Waals surface area contributed by atoms with E-state index < -0.39 is 0 Å². The number of nitrogens with one attached hydrogen (secondary N) is 1. The van der Waals surface area contributed by atoms with Crippen molar-refractivity contribution in [2.45, 2.75) is 52.4 Å². The number of hydrogen-bond donors (Lipinski definition) is 1. The largest absolute Gasteiger partial charge is 0.469 e. The van der Waals surface area contributed by atoms with Gasteiger partial charge in [-0.25, -0.2) is 5.43 Å². The van der Waals surface area contributed by atoms with Gasteiger partial charge in [-0.2, -0.15) is 5.10 Å². The average molecular weight is 383 g/mol. The van der Waals surface area contributed by atoms with Gasteiger partial charge in [-0.3, -0.25) is 9.59 Å². The van der Waals surface area contributed by atoms with Crippen LogP contribution in [0.1, 0.15) is 75.7 Å². The molecule has 7 heteroatoms. The van der Waals surface area contributed by atoms with E-state index in [2.05, 4.69) is 10.5 Å². The first kappa shape index (κ1) is 18.5. The van der Waals surface area contributed by atoms with Crippen LogP contribution >= 0.6 is 0 Å². The van der Waals surface area contributed by atoms with Crippen LogP contribution in [0.4, 0.5) is 0 Å². The summed E-state index contributed by atoms with van der Waals surface area (Å²) in [5.41, 5.74) is 5.53. The summed E-state index contributed by atoms with van der Waals surface area (Å²) >= 11 is 0. The molecule has 2 aromatic rings. The molecule has 1 aliphatic carbocycles. The molecule has 4 rings (SSSR count). The highest BCUT2D eigenvalue weighted by atomic mass is 16.4. The Labute approximate surface area is 163 Å². The predicted octanol–water partition coefficient (Wildman–Crippen LogP) is 3.59. The first-order chi connectivity index (χ1) is 13.6. The first-order valence-corrected chi connectivity index (χ1v) is 9.89. The topological polar surface area (TPSA) is 88.0 Å².